The smallest absolute Gasteiger partial charge is 0.141 e. The average Bonchev–Trinajstić information content (AvgIpc) is 2.41. The first kappa shape index (κ1) is 14.2. The van der Waals surface area contributed by atoms with Crippen molar-refractivity contribution in [3.05, 3.63) is 34.6 Å². The molecule has 0 atom stereocenters. The number of benzene rings is 1. The fourth-order valence-corrected chi connectivity index (χ4v) is 3.36. The van der Waals surface area contributed by atoms with Gasteiger partial charge in [0, 0.05) is 17.8 Å². The van der Waals surface area contributed by atoms with Crippen LogP contribution >= 0.6 is 23.4 Å². The zero-order chi connectivity index (χ0) is 13.0. The maximum Gasteiger partial charge on any atom is 0.141 e. The number of hydrogen-bond donors (Lipinski definition) is 1. The molecule has 1 N–H and O–H groups in total. The monoisotopic (exact) mass is 287 g/mol. The molecule has 1 saturated carbocycles. The maximum absolute atomic E-state index is 13.0. The van der Waals surface area contributed by atoms with Crippen LogP contribution in [0.2, 0.25) is 5.02 Å². The maximum atomic E-state index is 13.0. The molecule has 0 bridgehead atoms. The van der Waals surface area contributed by atoms with E-state index in [2.05, 4.69) is 11.6 Å². The van der Waals surface area contributed by atoms with Crippen LogP contribution < -0.4 is 5.32 Å². The van der Waals surface area contributed by atoms with Gasteiger partial charge in [0.05, 0.1) is 5.02 Å². The van der Waals surface area contributed by atoms with Gasteiger partial charge in [-0.1, -0.05) is 17.7 Å². The lowest BCUT2D eigenvalue weighted by atomic mass is 9.95. The van der Waals surface area contributed by atoms with Crippen molar-refractivity contribution in [2.45, 2.75) is 43.5 Å². The van der Waals surface area contributed by atoms with Crippen LogP contribution in [-0.4, -0.2) is 17.5 Å². The Morgan fingerprint density at radius 2 is 2.06 bits per heavy atom. The van der Waals surface area contributed by atoms with Crippen molar-refractivity contribution >= 4 is 23.4 Å². The zero-order valence-electron chi connectivity index (χ0n) is 10.6. The van der Waals surface area contributed by atoms with Crippen LogP contribution in [0.25, 0.3) is 0 Å². The molecule has 0 aromatic heterocycles. The average molecular weight is 288 g/mol. The van der Waals surface area contributed by atoms with Crippen LogP contribution in [0.15, 0.2) is 18.2 Å². The number of hydrogen-bond acceptors (Lipinski definition) is 2. The Kier molecular flexibility index (Phi) is 5.34. The van der Waals surface area contributed by atoms with E-state index in [1.807, 2.05) is 11.8 Å². The number of rotatable bonds is 4. The predicted molar refractivity (Wildman–Crippen MR) is 77.8 cm³/mol. The summed E-state index contributed by atoms with van der Waals surface area (Å²) in [6.07, 6.45) is 7.26. The van der Waals surface area contributed by atoms with E-state index >= 15 is 0 Å². The highest BCUT2D eigenvalue weighted by atomic mass is 35.5. The molecule has 1 aromatic rings. The van der Waals surface area contributed by atoms with Crippen LogP contribution in [0, 0.1) is 5.82 Å². The Balaban J connectivity index is 1.79. The first-order valence-corrected chi connectivity index (χ1v) is 8.05. The molecule has 1 fully saturated rings. The van der Waals surface area contributed by atoms with E-state index in [9.17, 15) is 4.39 Å². The van der Waals surface area contributed by atoms with Crippen molar-refractivity contribution < 1.29 is 4.39 Å². The van der Waals surface area contributed by atoms with Crippen LogP contribution in [0.5, 0.6) is 0 Å². The van der Waals surface area contributed by atoms with E-state index in [1.165, 1.54) is 31.7 Å². The fourth-order valence-electron chi connectivity index (χ4n) is 2.41. The molecule has 1 aromatic carbocycles. The summed E-state index contributed by atoms with van der Waals surface area (Å²) in [5, 5.41) is 4.58. The summed E-state index contributed by atoms with van der Waals surface area (Å²) < 4.78 is 13.0. The summed E-state index contributed by atoms with van der Waals surface area (Å²) in [7, 11) is 0. The van der Waals surface area contributed by atoms with Gasteiger partial charge in [-0.15, -0.1) is 0 Å². The second-order valence-corrected chi connectivity index (χ2v) is 6.38. The predicted octanol–water partition coefficient (Wildman–Crippen LogP) is 4.24. The minimum atomic E-state index is -0.346. The van der Waals surface area contributed by atoms with Crippen molar-refractivity contribution in [2.75, 3.05) is 6.26 Å². The molecule has 1 aliphatic carbocycles. The van der Waals surface area contributed by atoms with E-state index < -0.39 is 0 Å². The molecular formula is C14H19ClFNS. The fraction of sp³-hybridized carbons (Fsp3) is 0.571. The van der Waals surface area contributed by atoms with E-state index in [4.69, 9.17) is 11.6 Å². The van der Waals surface area contributed by atoms with Gasteiger partial charge in [-0.3, -0.25) is 0 Å². The lowest BCUT2D eigenvalue weighted by Gasteiger charge is -2.28. The number of thioether (sulfide) groups is 1. The van der Waals surface area contributed by atoms with Gasteiger partial charge in [0.1, 0.15) is 5.82 Å². The Bertz CT molecular complexity index is 391. The van der Waals surface area contributed by atoms with Gasteiger partial charge >= 0.3 is 0 Å². The third kappa shape index (κ3) is 3.87. The van der Waals surface area contributed by atoms with Crippen LogP contribution in [-0.2, 0) is 6.54 Å². The third-order valence-electron chi connectivity index (χ3n) is 3.59. The minimum Gasteiger partial charge on any atom is -0.310 e. The zero-order valence-corrected chi connectivity index (χ0v) is 12.2. The van der Waals surface area contributed by atoms with Gasteiger partial charge in [0.15, 0.2) is 0 Å². The number of nitrogens with one attached hydrogen (secondary N) is 1. The Morgan fingerprint density at radius 1 is 1.33 bits per heavy atom. The Morgan fingerprint density at radius 3 is 2.67 bits per heavy atom. The molecule has 0 spiro atoms. The molecule has 0 amide bonds. The molecule has 18 heavy (non-hydrogen) atoms. The molecule has 0 unspecified atom stereocenters. The second kappa shape index (κ2) is 6.78. The second-order valence-electron chi connectivity index (χ2n) is 4.84. The lowest BCUT2D eigenvalue weighted by Crippen LogP contribution is -2.33. The summed E-state index contributed by atoms with van der Waals surface area (Å²) >= 11 is 7.75. The molecule has 0 saturated heterocycles. The van der Waals surface area contributed by atoms with E-state index in [0.29, 0.717) is 6.04 Å². The molecule has 1 nitrogen and oxygen atoms in total. The van der Waals surface area contributed by atoms with E-state index in [-0.39, 0.29) is 10.8 Å². The van der Waals surface area contributed by atoms with Crippen molar-refractivity contribution in [3.63, 3.8) is 0 Å². The molecule has 100 valence electrons. The van der Waals surface area contributed by atoms with Crippen molar-refractivity contribution in [3.8, 4) is 0 Å². The topological polar surface area (TPSA) is 12.0 Å². The van der Waals surface area contributed by atoms with Crippen LogP contribution in [0.4, 0.5) is 4.39 Å². The largest absolute Gasteiger partial charge is 0.310 e. The summed E-state index contributed by atoms with van der Waals surface area (Å²) in [5.74, 6) is -0.346. The van der Waals surface area contributed by atoms with Crippen molar-refractivity contribution in [2.24, 2.45) is 0 Å². The van der Waals surface area contributed by atoms with E-state index in [1.54, 1.807) is 12.1 Å². The highest BCUT2D eigenvalue weighted by Crippen LogP contribution is 2.27. The van der Waals surface area contributed by atoms with E-state index in [0.717, 1.165) is 17.4 Å². The van der Waals surface area contributed by atoms with Gasteiger partial charge < -0.3 is 5.32 Å². The van der Waals surface area contributed by atoms with Crippen LogP contribution in [0.1, 0.15) is 31.2 Å². The highest BCUT2D eigenvalue weighted by molar-refractivity contribution is 7.99. The van der Waals surface area contributed by atoms with Crippen molar-refractivity contribution in [1.82, 2.24) is 5.32 Å². The lowest BCUT2D eigenvalue weighted by molar-refractivity contribution is 0.379. The van der Waals surface area contributed by atoms with Crippen molar-refractivity contribution in [1.29, 1.82) is 0 Å². The Labute approximate surface area is 117 Å². The molecule has 0 heterocycles. The van der Waals surface area contributed by atoms with Gasteiger partial charge in [-0.05, 0) is 49.6 Å². The van der Waals surface area contributed by atoms with Gasteiger partial charge in [-0.25, -0.2) is 4.39 Å². The van der Waals surface area contributed by atoms with Gasteiger partial charge in [0.2, 0.25) is 0 Å². The quantitative estimate of drug-likeness (QED) is 0.889. The summed E-state index contributed by atoms with van der Waals surface area (Å²) in [6, 6.07) is 5.53. The number of halogens is 2. The standard InChI is InChI=1S/C14H19ClFNS/c1-18-12-5-3-11(4-6-12)17-9-10-2-7-14(16)13(15)8-10/h2,7-8,11-12,17H,3-6,9H2,1H3. The first-order chi connectivity index (χ1) is 8.69. The normalized spacial score (nSPS) is 24.2. The SMILES string of the molecule is CSC1CCC(NCc2ccc(F)c(Cl)c2)CC1. The molecule has 0 aliphatic heterocycles. The summed E-state index contributed by atoms with van der Waals surface area (Å²) in [4.78, 5) is 0. The molecule has 2 rings (SSSR count). The molecular weight excluding hydrogens is 269 g/mol. The molecule has 1 aliphatic rings. The first-order valence-electron chi connectivity index (χ1n) is 6.39. The molecule has 0 radical (unpaired) electrons. The molecule has 4 heteroatoms. The third-order valence-corrected chi connectivity index (χ3v) is 5.01. The van der Waals surface area contributed by atoms with Gasteiger partial charge in [0.25, 0.3) is 0 Å². The van der Waals surface area contributed by atoms with Crippen LogP contribution in [0.3, 0.4) is 0 Å². The summed E-state index contributed by atoms with van der Waals surface area (Å²) in [5.41, 5.74) is 1.05. The minimum absolute atomic E-state index is 0.209. The Hall–Kier alpha value is -0.250. The highest BCUT2D eigenvalue weighted by Gasteiger charge is 2.19. The summed E-state index contributed by atoms with van der Waals surface area (Å²) in [6.45, 7) is 0.772. The van der Waals surface area contributed by atoms with Gasteiger partial charge in [-0.2, -0.15) is 11.8 Å².